The summed E-state index contributed by atoms with van der Waals surface area (Å²) in [5, 5.41) is 7.01. The van der Waals surface area contributed by atoms with E-state index < -0.39 is 0 Å². The molecule has 0 saturated carbocycles. The summed E-state index contributed by atoms with van der Waals surface area (Å²) in [6.45, 7) is 8.32. The highest BCUT2D eigenvalue weighted by atomic mass is 16.5. The van der Waals surface area contributed by atoms with Crippen LogP contribution < -0.4 is 20.1 Å². The first kappa shape index (κ1) is 16.6. The van der Waals surface area contributed by atoms with Crippen LogP contribution in [-0.4, -0.2) is 51.3 Å². The quantitative estimate of drug-likeness (QED) is 0.862. The molecular weight excluding hydrogens is 290 g/mol. The Morgan fingerprint density at radius 3 is 2.61 bits per heavy atom. The molecule has 5 nitrogen and oxygen atoms in total. The number of nitrogens with zero attached hydrogens (tertiary/aromatic N) is 1. The Bertz CT molecular complexity index is 542. The SMILES string of the molecule is CCC1Cc2c(c(OC)cc(CN3CCNCC3)c2OC)CN1. The summed E-state index contributed by atoms with van der Waals surface area (Å²) in [4.78, 5) is 2.48. The summed E-state index contributed by atoms with van der Waals surface area (Å²) < 4.78 is 11.5. The summed E-state index contributed by atoms with van der Waals surface area (Å²) in [5.41, 5.74) is 3.85. The van der Waals surface area contributed by atoms with Crippen LogP contribution in [0.5, 0.6) is 11.5 Å². The third-order valence-electron chi connectivity index (χ3n) is 5.07. The van der Waals surface area contributed by atoms with E-state index in [1.165, 1.54) is 16.7 Å². The van der Waals surface area contributed by atoms with Gasteiger partial charge >= 0.3 is 0 Å². The number of hydrogen-bond donors (Lipinski definition) is 2. The normalized spacial score (nSPS) is 21.8. The first-order valence-electron chi connectivity index (χ1n) is 8.68. The molecule has 0 bridgehead atoms. The van der Waals surface area contributed by atoms with Gasteiger partial charge in [0.1, 0.15) is 11.5 Å². The zero-order chi connectivity index (χ0) is 16.2. The number of rotatable bonds is 5. The standard InChI is InChI=1S/C18H29N3O2/c1-4-14-10-15-16(11-20-14)17(22-2)9-13(18(15)23-3)12-21-7-5-19-6-8-21/h9,14,19-20H,4-8,10-12H2,1-3H3. The van der Waals surface area contributed by atoms with Crippen LogP contribution in [0.3, 0.4) is 0 Å². The lowest BCUT2D eigenvalue weighted by atomic mass is 9.90. The Hall–Kier alpha value is -1.30. The van der Waals surface area contributed by atoms with Gasteiger partial charge in [-0.1, -0.05) is 6.92 Å². The molecule has 2 heterocycles. The second-order valence-corrected chi connectivity index (χ2v) is 6.44. The fraction of sp³-hybridized carbons (Fsp3) is 0.667. The van der Waals surface area contributed by atoms with E-state index in [4.69, 9.17) is 9.47 Å². The van der Waals surface area contributed by atoms with Crippen molar-refractivity contribution in [3.8, 4) is 11.5 Å². The number of methoxy groups -OCH3 is 2. The van der Waals surface area contributed by atoms with E-state index in [0.29, 0.717) is 6.04 Å². The molecule has 0 aromatic heterocycles. The number of nitrogens with one attached hydrogen (secondary N) is 2. The smallest absolute Gasteiger partial charge is 0.127 e. The first-order chi connectivity index (χ1) is 11.3. The molecular formula is C18H29N3O2. The van der Waals surface area contributed by atoms with Crippen molar-refractivity contribution in [3.63, 3.8) is 0 Å². The maximum atomic E-state index is 5.85. The van der Waals surface area contributed by atoms with Gasteiger partial charge in [0, 0.05) is 62.0 Å². The minimum absolute atomic E-state index is 0.524. The topological polar surface area (TPSA) is 45.8 Å². The van der Waals surface area contributed by atoms with Crippen LogP contribution in [-0.2, 0) is 19.5 Å². The van der Waals surface area contributed by atoms with Crippen molar-refractivity contribution < 1.29 is 9.47 Å². The number of fused-ring (bicyclic) bond motifs is 1. The molecule has 0 spiro atoms. The zero-order valence-electron chi connectivity index (χ0n) is 14.6. The maximum Gasteiger partial charge on any atom is 0.127 e. The van der Waals surface area contributed by atoms with E-state index in [1.54, 1.807) is 14.2 Å². The highest BCUT2D eigenvalue weighted by molar-refractivity contribution is 5.55. The van der Waals surface area contributed by atoms with Gasteiger partial charge in [0.05, 0.1) is 14.2 Å². The average Bonchev–Trinajstić information content (AvgIpc) is 2.61. The molecule has 5 heteroatoms. The van der Waals surface area contributed by atoms with E-state index in [9.17, 15) is 0 Å². The lowest BCUT2D eigenvalue weighted by Gasteiger charge is -2.32. The fourth-order valence-electron chi connectivity index (χ4n) is 3.72. The third-order valence-corrected chi connectivity index (χ3v) is 5.07. The monoisotopic (exact) mass is 319 g/mol. The van der Waals surface area contributed by atoms with Gasteiger partial charge in [0.25, 0.3) is 0 Å². The minimum Gasteiger partial charge on any atom is -0.496 e. The molecule has 2 N–H and O–H groups in total. The Morgan fingerprint density at radius 2 is 1.96 bits per heavy atom. The van der Waals surface area contributed by atoms with Gasteiger partial charge in [0.15, 0.2) is 0 Å². The lowest BCUT2D eigenvalue weighted by Crippen LogP contribution is -2.43. The second-order valence-electron chi connectivity index (χ2n) is 6.44. The molecule has 1 saturated heterocycles. The summed E-state index contributed by atoms with van der Waals surface area (Å²) in [7, 11) is 3.56. The highest BCUT2D eigenvalue weighted by Crippen LogP contribution is 2.38. The van der Waals surface area contributed by atoms with Gasteiger partial charge in [-0.15, -0.1) is 0 Å². The van der Waals surface area contributed by atoms with E-state index >= 15 is 0 Å². The van der Waals surface area contributed by atoms with Gasteiger partial charge in [0.2, 0.25) is 0 Å². The average molecular weight is 319 g/mol. The Labute approximate surface area is 139 Å². The van der Waals surface area contributed by atoms with Gasteiger partial charge in [-0.05, 0) is 18.9 Å². The molecule has 2 aliphatic rings. The summed E-state index contributed by atoms with van der Waals surface area (Å²) in [6, 6.07) is 2.70. The molecule has 2 aliphatic heterocycles. The van der Waals surface area contributed by atoms with Crippen LogP contribution >= 0.6 is 0 Å². The van der Waals surface area contributed by atoms with Gasteiger partial charge in [-0.25, -0.2) is 0 Å². The summed E-state index contributed by atoms with van der Waals surface area (Å²) in [6.07, 6.45) is 2.15. The molecule has 1 aromatic carbocycles. The largest absolute Gasteiger partial charge is 0.496 e. The lowest BCUT2D eigenvalue weighted by molar-refractivity contribution is 0.229. The molecule has 3 rings (SSSR count). The van der Waals surface area contributed by atoms with Crippen LogP contribution in [0.25, 0.3) is 0 Å². The molecule has 0 aliphatic carbocycles. The Morgan fingerprint density at radius 1 is 1.17 bits per heavy atom. The van der Waals surface area contributed by atoms with Crippen molar-refractivity contribution in [3.05, 3.63) is 22.8 Å². The van der Waals surface area contributed by atoms with E-state index in [0.717, 1.165) is 63.6 Å². The summed E-state index contributed by atoms with van der Waals surface area (Å²) >= 11 is 0. The van der Waals surface area contributed by atoms with Crippen molar-refractivity contribution in [2.45, 2.75) is 38.9 Å². The van der Waals surface area contributed by atoms with Crippen LogP contribution in [0.15, 0.2) is 6.07 Å². The Kier molecular flexibility index (Phi) is 5.41. The van der Waals surface area contributed by atoms with Crippen molar-refractivity contribution >= 4 is 0 Å². The molecule has 0 radical (unpaired) electrons. The molecule has 128 valence electrons. The van der Waals surface area contributed by atoms with Crippen LogP contribution in [0, 0.1) is 0 Å². The number of piperazine rings is 1. The number of benzene rings is 1. The first-order valence-corrected chi connectivity index (χ1v) is 8.68. The second kappa shape index (κ2) is 7.51. The highest BCUT2D eigenvalue weighted by Gasteiger charge is 2.26. The van der Waals surface area contributed by atoms with Gasteiger partial charge < -0.3 is 20.1 Å². The number of hydrogen-bond acceptors (Lipinski definition) is 5. The van der Waals surface area contributed by atoms with Crippen LogP contribution in [0.4, 0.5) is 0 Å². The molecule has 0 amide bonds. The molecule has 23 heavy (non-hydrogen) atoms. The van der Waals surface area contributed by atoms with E-state index in [-0.39, 0.29) is 0 Å². The summed E-state index contributed by atoms with van der Waals surface area (Å²) in [5.74, 6) is 2.06. The number of ether oxygens (including phenoxy) is 2. The molecule has 1 aromatic rings. The van der Waals surface area contributed by atoms with Gasteiger partial charge in [-0.3, -0.25) is 4.90 Å². The van der Waals surface area contributed by atoms with Crippen LogP contribution in [0.1, 0.15) is 30.0 Å². The van der Waals surface area contributed by atoms with Crippen LogP contribution in [0.2, 0.25) is 0 Å². The fourth-order valence-corrected chi connectivity index (χ4v) is 3.72. The molecule has 1 atom stereocenters. The maximum absolute atomic E-state index is 5.85. The van der Waals surface area contributed by atoms with E-state index in [2.05, 4.69) is 28.5 Å². The zero-order valence-corrected chi connectivity index (χ0v) is 14.6. The molecule has 1 unspecified atom stereocenters. The van der Waals surface area contributed by atoms with Crippen molar-refractivity contribution in [2.75, 3.05) is 40.4 Å². The third kappa shape index (κ3) is 3.47. The predicted molar refractivity (Wildman–Crippen MR) is 92.3 cm³/mol. The van der Waals surface area contributed by atoms with Gasteiger partial charge in [-0.2, -0.15) is 0 Å². The van der Waals surface area contributed by atoms with Crippen molar-refractivity contribution in [2.24, 2.45) is 0 Å². The van der Waals surface area contributed by atoms with Crippen molar-refractivity contribution in [1.29, 1.82) is 0 Å². The van der Waals surface area contributed by atoms with Crippen molar-refractivity contribution in [1.82, 2.24) is 15.5 Å². The molecule has 1 fully saturated rings. The minimum atomic E-state index is 0.524. The van der Waals surface area contributed by atoms with E-state index in [1.807, 2.05) is 0 Å². The predicted octanol–water partition coefficient (Wildman–Crippen LogP) is 1.53. The Balaban J connectivity index is 1.95.